The Balaban J connectivity index is 1.60. The lowest BCUT2D eigenvalue weighted by Gasteiger charge is -2.42. The predicted octanol–water partition coefficient (Wildman–Crippen LogP) is 5.04. The minimum Gasteiger partial charge on any atom is -0.497 e. The van der Waals surface area contributed by atoms with Crippen molar-refractivity contribution in [3.63, 3.8) is 0 Å². The lowest BCUT2D eigenvalue weighted by atomic mass is 9.85. The van der Waals surface area contributed by atoms with Crippen LogP contribution in [-0.4, -0.2) is 30.5 Å². The Morgan fingerprint density at radius 1 is 1.13 bits per heavy atom. The van der Waals surface area contributed by atoms with Gasteiger partial charge in [0.2, 0.25) is 5.91 Å². The molecule has 5 nitrogen and oxygen atoms in total. The van der Waals surface area contributed by atoms with E-state index in [2.05, 4.69) is 49.1 Å². The number of amides is 1. The van der Waals surface area contributed by atoms with Crippen molar-refractivity contribution in [1.29, 1.82) is 5.26 Å². The lowest BCUT2D eigenvalue weighted by Crippen LogP contribution is -2.47. The molecule has 2 heterocycles. The van der Waals surface area contributed by atoms with Crippen LogP contribution in [0.25, 0.3) is 0 Å². The maximum Gasteiger partial charge on any atom is 0.229 e. The molecule has 1 atom stereocenters. The quantitative estimate of drug-likeness (QED) is 0.695. The van der Waals surface area contributed by atoms with Gasteiger partial charge in [-0.05, 0) is 41.3 Å². The average Bonchev–Trinajstić information content (AvgIpc) is 2.79. The van der Waals surface area contributed by atoms with Gasteiger partial charge in [0.15, 0.2) is 0 Å². The Morgan fingerprint density at radius 3 is 2.43 bits per heavy atom. The van der Waals surface area contributed by atoms with E-state index in [4.69, 9.17) is 4.74 Å². The lowest BCUT2D eigenvalue weighted by molar-refractivity contribution is -0.129. The number of ether oxygens (including phenoxy) is 1. The molecule has 2 aliphatic heterocycles. The van der Waals surface area contributed by atoms with Crippen LogP contribution in [0.2, 0.25) is 0 Å². The Bertz CT molecular complexity index is 1010. The SMILES string of the molecule is COc1ccc(N2CSC3=C(C#N)C(c4ccc(C(C)C)cc4)CC(=O)N3C2)cc1. The number of methoxy groups -OCH3 is 1. The number of rotatable bonds is 4. The van der Waals surface area contributed by atoms with Crippen LogP contribution >= 0.6 is 11.8 Å². The van der Waals surface area contributed by atoms with Gasteiger partial charge in [0.05, 0.1) is 36.3 Å². The number of carbonyl (C=O) groups excluding carboxylic acids is 1. The van der Waals surface area contributed by atoms with E-state index in [9.17, 15) is 10.1 Å². The van der Waals surface area contributed by atoms with Crippen molar-refractivity contribution in [1.82, 2.24) is 4.90 Å². The number of nitriles is 1. The van der Waals surface area contributed by atoms with Crippen molar-refractivity contribution in [3.8, 4) is 11.8 Å². The van der Waals surface area contributed by atoms with E-state index in [0.717, 1.165) is 22.0 Å². The van der Waals surface area contributed by atoms with Gasteiger partial charge in [-0.2, -0.15) is 5.26 Å². The van der Waals surface area contributed by atoms with Crippen molar-refractivity contribution in [3.05, 3.63) is 70.3 Å². The van der Waals surface area contributed by atoms with Crippen LogP contribution in [-0.2, 0) is 4.79 Å². The molecule has 2 aliphatic rings. The van der Waals surface area contributed by atoms with Gasteiger partial charge in [-0.15, -0.1) is 0 Å². The minimum atomic E-state index is -0.171. The third-order valence-electron chi connectivity index (χ3n) is 5.74. The average molecular weight is 420 g/mol. The summed E-state index contributed by atoms with van der Waals surface area (Å²) in [7, 11) is 1.64. The highest BCUT2D eigenvalue weighted by atomic mass is 32.2. The maximum absolute atomic E-state index is 13.0. The molecule has 0 spiro atoms. The van der Waals surface area contributed by atoms with Crippen LogP contribution in [0, 0.1) is 11.3 Å². The molecule has 2 aromatic rings. The molecule has 1 fully saturated rings. The molecule has 1 unspecified atom stereocenters. The zero-order valence-corrected chi connectivity index (χ0v) is 18.3. The third kappa shape index (κ3) is 3.78. The van der Waals surface area contributed by atoms with E-state index < -0.39 is 0 Å². The number of hydrogen-bond donors (Lipinski definition) is 0. The minimum absolute atomic E-state index is 0.0626. The largest absolute Gasteiger partial charge is 0.497 e. The maximum atomic E-state index is 13.0. The van der Waals surface area contributed by atoms with Crippen LogP contribution in [0.5, 0.6) is 5.75 Å². The van der Waals surface area contributed by atoms with Gasteiger partial charge in [-0.25, -0.2) is 0 Å². The van der Waals surface area contributed by atoms with Gasteiger partial charge in [-0.3, -0.25) is 9.69 Å². The number of thioether (sulfide) groups is 1. The molecule has 0 radical (unpaired) electrons. The summed E-state index contributed by atoms with van der Waals surface area (Å²) in [4.78, 5) is 16.9. The molecular weight excluding hydrogens is 394 g/mol. The van der Waals surface area contributed by atoms with E-state index in [-0.39, 0.29) is 11.8 Å². The van der Waals surface area contributed by atoms with E-state index in [0.29, 0.717) is 30.5 Å². The number of anilines is 1. The molecule has 30 heavy (non-hydrogen) atoms. The number of nitrogens with zero attached hydrogens (tertiary/aromatic N) is 3. The van der Waals surface area contributed by atoms with E-state index in [1.165, 1.54) is 5.56 Å². The first kappa shape index (κ1) is 20.4. The topological polar surface area (TPSA) is 56.6 Å². The fraction of sp³-hybridized carbons (Fsp3) is 0.333. The van der Waals surface area contributed by atoms with Crippen molar-refractivity contribution in [2.24, 2.45) is 0 Å². The normalized spacial score (nSPS) is 19.0. The molecule has 2 aromatic carbocycles. The van der Waals surface area contributed by atoms with Crippen molar-refractivity contribution < 1.29 is 9.53 Å². The van der Waals surface area contributed by atoms with Gasteiger partial charge in [0, 0.05) is 18.0 Å². The number of carbonyl (C=O) groups is 1. The summed E-state index contributed by atoms with van der Waals surface area (Å²) in [5.74, 6) is 1.84. The monoisotopic (exact) mass is 419 g/mol. The van der Waals surface area contributed by atoms with Crippen LogP contribution in [0.3, 0.4) is 0 Å². The third-order valence-corrected chi connectivity index (χ3v) is 6.89. The molecule has 1 saturated heterocycles. The molecule has 4 rings (SSSR count). The van der Waals surface area contributed by atoms with Gasteiger partial charge in [0.1, 0.15) is 5.75 Å². The smallest absolute Gasteiger partial charge is 0.229 e. The molecule has 0 bridgehead atoms. The summed E-state index contributed by atoms with van der Waals surface area (Å²) in [5, 5.41) is 10.7. The molecule has 0 saturated carbocycles. The van der Waals surface area contributed by atoms with Crippen LogP contribution < -0.4 is 9.64 Å². The van der Waals surface area contributed by atoms with Crippen molar-refractivity contribution in [2.45, 2.75) is 32.1 Å². The molecule has 0 aliphatic carbocycles. The first-order valence-electron chi connectivity index (χ1n) is 10.1. The van der Waals surface area contributed by atoms with E-state index >= 15 is 0 Å². The molecule has 1 amide bonds. The van der Waals surface area contributed by atoms with E-state index in [1.54, 1.807) is 23.8 Å². The second-order valence-electron chi connectivity index (χ2n) is 7.88. The zero-order chi connectivity index (χ0) is 21.3. The Kier molecular flexibility index (Phi) is 5.74. The summed E-state index contributed by atoms with van der Waals surface area (Å²) in [6, 6.07) is 18.6. The second kappa shape index (κ2) is 8.45. The molecule has 0 N–H and O–H groups in total. The number of fused-ring (bicyclic) bond motifs is 1. The Labute approximate surface area is 181 Å². The van der Waals surface area contributed by atoms with Crippen LogP contribution in [0.4, 0.5) is 5.69 Å². The zero-order valence-electron chi connectivity index (χ0n) is 17.5. The van der Waals surface area contributed by atoms with Gasteiger partial charge >= 0.3 is 0 Å². The summed E-state index contributed by atoms with van der Waals surface area (Å²) in [6.07, 6.45) is 0.324. The van der Waals surface area contributed by atoms with Gasteiger partial charge < -0.3 is 9.64 Å². The van der Waals surface area contributed by atoms with Crippen molar-refractivity contribution >= 4 is 23.4 Å². The fourth-order valence-corrected chi connectivity index (χ4v) is 5.08. The highest BCUT2D eigenvalue weighted by Crippen LogP contribution is 2.43. The van der Waals surface area contributed by atoms with Crippen LogP contribution in [0.1, 0.15) is 43.2 Å². The molecular formula is C24H25N3O2S. The fourth-order valence-electron chi connectivity index (χ4n) is 3.92. The number of benzene rings is 2. The number of allylic oxidation sites excluding steroid dienone is 1. The summed E-state index contributed by atoms with van der Waals surface area (Å²) >= 11 is 1.56. The standard InChI is InChI=1S/C24H25N3O2S/c1-16(2)17-4-6-18(7-5-17)21-12-23(28)27-14-26(15-30-24(27)22(21)13-25)19-8-10-20(29-3)11-9-19/h4-11,16,21H,12,14-15H2,1-3H3. The van der Waals surface area contributed by atoms with E-state index in [1.807, 2.05) is 24.3 Å². The molecule has 154 valence electrons. The summed E-state index contributed by atoms with van der Waals surface area (Å²) in [5.41, 5.74) is 4.02. The number of hydrogen-bond acceptors (Lipinski definition) is 5. The summed E-state index contributed by atoms with van der Waals surface area (Å²) in [6.45, 7) is 4.78. The highest BCUT2D eigenvalue weighted by molar-refractivity contribution is 8.03. The molecule has 6 heteroatoms. The highest BCUT2D eigenvalue weighted by Gasteiger charge is 2.38. The van der Waals surface area contributed by atoms with Crippen LogP contribution in [0.15, 0.2) is 59.1 Å². The summed E-state index contributed by atoms with van der Waals surface area (Å²) < 4.78 is 5.23. The van der Waals surface area contributed by atoms with Gasteiger partial charge in [-0.1, -0.05) is 49.9 Å². The first-order valence-corrected chi connectivity index (χ1v) is 11.1. The first-order chi connectivity index (χ1) is 14.5. The Hall–Kier alpha value is -2.91. The Morgan fingerprint density at radius 2 is 1.83 bits per heavy atom. The second-order valence-corrected chi connectivity index (χ2v) is 8.82. The van der Waals surface area contributed by atoms with Crippen molar-refractivity contribution in [2.75, 3.05) is 24.6 Å². The predicted molar refractivity (Wildman–Crippen MR) is 120 cm³/mol. The van der Waals surface area contributed by atoms with Gasteiger partial charge in [0.25, 0.3) is 0 Å². The molecule has 0 aromatic heterocycles.